The summed E-state index contributed by atoms with van der Waals surface area (Å²) in [6, 6.07) is 17.5. The number of benzene rings is 3. The highest BCUT2D eigenvalue weighted by Gasteiger charge is 2.23. The van der Waals surface area contributed by atoms with E-state index in [1.807, 2.05) is 6.92 Å². The number of rotatable bonds is 12. The number of aryl methyl sites for hydroxylation is 1. The highest BCUT2D eigenvalue weighted by molar-refractivity contribution is 9.10. The van der Waals surface area contributed by atoms with E-state index < -0.39 is 34.5 Å². The van der Waals surface area contributed by atoms with Gasteiger partial charge in [-0.25, -0.2) is 23.4 Å². The van der Waals surface area contributed by atoms with Crippen molar-refractivity contribution in [3.05, 3.63) is 87.9 Å². The largest absolute Gasteiger partial charge is 0.493 e. The van der Waals surface area contributed by atoms with Crippen LogP contribution in [0.5, 0.6) is 11.5 Å². The SMILES string of the molecule is COc1cc(/C=N\NC(=O)C[C@H](NS(=O)(=O)c2ccc(C)cc2)c2ccccc2)cc(Br)c1OCC(=O)O. The number of nitrogens with zero attached hydrogens (tertiary/aromatic N) is 1. The molecular weight excluding hydrogens is 578 g/mol. The summed E-state index contributed by atoms with van der Waals surface area (Å²) in [5.74, 6) is -1.18. The molecule has 0 unspecified atom stereocenters. The molecule has 0 saturated heterocycles. The van der Waals surface area contributed by atoms with E-state index >= 15 is 0 Å². The van der Waals surface area contributed by atoms with Crippen LogP contribution in [0.2, 0.25) is 0 Å². The van der Waals surface area contributed by atoms with Crippen LogP contribution in [0.3, 0.4) is 0 Å². The number of carbonyl (C=O) groups excluding carboxylic acids is 1. The molecule has 0 aliphatic rings. The first-order chi connectivity index (χ1) is 18.1. The second-order valence-electron chi connectivity index (χ2n) is 8.11. The summed E-state index contributed by atoms with van der Waals surface area (Å²) in [6.07, 6.45) is 1.15. The molecule has 0 saturated carbocycles. The van der Waals surface area contributed by atoms with Crippen molar-refractivity contribution >= 4 is 44.0 Å². The Kier molecular flexibility index (Phi) is 9.99. The van der Waals surface area contributed by atoms with Crippen molar-refractivity contribution in [2.24, 2.45) is 5.10 Å². The van der Waals surface area contributed by atoms with E-state index in [4.69, 9.17) is 14.6 Å². The van der Waals surface area contributed by atoms with Crippen LogP contribution < -0.4 is 19.6 Å². The Morgan fingerprint density at radius 1 is 1.11 bits per heavy atom. The Labute approximate surface area is 228 Å². The highest BCUT2D eigenvalue weighted by atomic mass is 79.9. The Morgan fingerprint density at radius 2 is 1.79 bits per heavy atom. The zero-order chi connectivity index (χ0) is 27.7. The van der Waals surface area contributed by atoms with E-state index in [0.29, 0.717) is 15.6 Å². The van der Waals surface area contributed by atoms with Gasteiger partial charge in [-0.2, -0.15) is 5.10 Å². The normalized spacial score (nSPS) is 12.2. The van der Waals surface area contributed by atoms with Gasteiger partial charge in [0.25, 0.3) is 0 Å². The average Bonchev–Trinajstić information content (AvgIpc) is 2.88. The summed E-state index contributed by atoms with van der Waals surface area (Å²) >= 11 is 3.31. The topological polar surface area (TPSA) is 143 Å². The van der Waals surface area contributed by atoms with Crippen LogP contribution in [0.1, 0.15) is 29.2 Å². The number of amides is 1. The van der Waals surface area contributed by atoms with Crippen molar-refractivity contribution in [3.8, 4) is 11.5 Å². The fraction of sp³-hybridized carbons (Fsp3) is 0.192. The number of aliphatic carboxylic acids is 1. The molecule has 0 aliphatic carbocycles. The van der Waals surface area contributed by atoms with Crippen LogP contribution >= 0.6 is 15.9 Å². The quantitative estimate of drug-likeness (QED) is 0.211. The van der Waals surface area contributed by atoms with Crippen molar-refractivity contribution < 1.29 is 32.6 Å². The standard InChI is InChI=1S/C26H26BrN3O7S/c1-17-8-10-20(11-9-17)38(34,35)30-22(19-6-4-3-5-7-19)14-24(31)29-28-15-18-12-21(27)26(23(13-18)36-2)37-16-25(32)33/h3-13,15,22,30H,14,16H2,1-2H3,(H,29,31)(H,32,33)/b28-15-/t22-/m0/s1. The number of hydrazone groups is 1. The fourth-order valence-electron chi connectivity index (χ4n) is 3.38. The van der Waals surface area contributed by atoms with Gasteiger partial charge in [0.15, 0.2) is 18.1 Å². The van der Waals surface area contributed by atoms with Crippen LogP contribution in [0.4, 0.5) is 0 Å². The molecule has 10 nitrogen and oxygen atoms in total. The third-order valence-electron chi connectivity index (χ3n) is 5.21. The molecular formula is C26H26BrN3O7S. The second kappa shape index (κ2) is 13.2. The summed E-state index contributed by atoms with van der Waals surface area (Å²) in [7, 11) is -2.49. The molecule has 200 valence electrons. The molecule has 0 bridgehead atoms. The number of carboxylic acids is 1. The highest BCUT2D eigenvalue weighted by Crippen LogP contribution is 2.36. The van der Waals surface area contributed by atoms with Gasteiger partial charge >= 0.3 is 5.97 Å². The van der Waals surface area contributed by atoms with Gasteiger partial charge in [0.1, 0.15) is 0 Å². The van der Waals surface area contributed by atoms with Gasteiger partial charge in [-0.05, 0) is 58.2 Å². The van der Waals surface area contributed by atoms with Gasteiger partial charge in [-0.1, -0.05) is 48.0 Å². The van der Waals surface area contributed by atoms with Crippen LogP contribution in [0.25, 0.3) is 0 Å². The lowest BCUT2D eigenvalue weighted by Crippen LogP contribution is -2.32. The number of hydrogen-bond donors (Lipinski definition) is 3. The van der Waals surface area contributed by atoms with Crippen LogP contribution in [0, 0.1) is 6.92 Å². The smallest absolute Gasteiger partial charge is 0.341 e. The zero-order valence-corrected chi connectivity index (χ0v) is 23.0. The molecule has 0 fully saturated rings. The molecule has 0 heterocycles. The Bertz CT molecular complexity index is 1410. The molecule has 38 heavy (non-hydrogen) atoms. The molecule has 3 N–H and O–H groups in total. The maximum Gasteiger partial charge on any atom is 0.341 e. The zero-order valence-electron chi connectivity index (χ0n) is 20.5. The molecule has 3 rings (SSSR count). The molecule has 3 aromatic rings. The van der Waals surface area contributed by atoms with Gasteiger partial charge in [0.2, 0.25) is 15.9 Å². The first kappa shape index (κ1) is 28.8. The molecule has 3 aromatic carbocycles. The minimum absolute atomic E-state index is 0.0952. The van der Waals surface area contributed by atoms with Crippen LogP contribution in [-0.2, 0) is 19.6 Å². The second-order valence-corrected chi connectivity index (χ2v) is 10.7. The predicted octanol–water partition coefficient (Wildman–Crippen LogP) is 3.79. The van der Waals surface area contributed by atoms with E-state index in [2.05, 4.69) is 31.2 Å². The maximum absolute atomic E-state index is 13.0. The molecule has 0 aromatic heterocycles. The number of sulfonamides is 1. The Morgan fingerprint density at radius 3 is 2.42 bits per heavy atom. The summed E-state index contributed by atoms with van der Waals surface area (Å²) in [4.78, 5) is 23.6. The number of methoxy groups -OCH3 is 1. The van der Waals surface area contributed by atoms with Crippen molar-refractivity contribution in [3.63, 3.8) is 0 Å². The van der Waals surface area contributed by atoms with Gasteiger partial charge in [-0.3, -0.25) is 4.79 Å². The Balaban J connectivity index is 1.72. The van der Waals surface area contributed by atoms with Crippen molar-refractivity contribution in [1.29, 1.82) is 0 Å². The van der Waals surface area contributed by atoms with E-state index in [0.717, 1.165) is 5.56 Å². The first-order valence-corrected chi connectivity index (χ1v) is 13.5. The number of carbonyl (C=O) groups is 2. The molecule has 0 aliphatic heterocycles. The van der Waals surface area contributed by atoms with Gasteiger partial charge in [0, 0.05) is 6.42 Å². The Hall–Kier alpha value is -3.74. The van der Waals surface area contributed by atoms with E-state index in [9.17, 15) is 18.0 Å². The average molecular weight is 604 g/mol. The lowest BCUT2D eigenvalue weighted by molar-refractivity contribution is -0.139. The van der Waals surface area contributed by atoms with E-state index in [-0.39, 0.29) is 22.8 Å². The maximum atomic E-state index is 13.0. The third kappa shape index (κ3) is 8.13. The van der Waals surface area contributed by atoms with Crippen LogP contribution in [-0.4, -0.2) is 45.3 Å². The summed E-state index contributed by atoms with van der Waals surface area (Å²) in [5.41, 5.74) is 4.47. The summed E-state index contributed by atoms with van der Waals surface area (Å²) in [5, 5.41) is 12.8. The molecule has 1 amide bonds. The lowest BCUT2D eigenvalue weighted by atomic mass is 10.0. The lowest BCUT2D eigenvalue weighted by Gasteiger charge is -2.18. The number of carboxylic acid groups (broad SMARTS) is 1. The number of hydrogen-bond acceptors (Lipinski definition) is 7. The van der Waals surface area contributed by atoms with Crippen molar-refractivity contribution in [1.82, 2.24) is 10.1 Å². The monoisotopic (exact) mass is 603 g/mol. The minimum atomic E-state index is -3.90. The summed E-state index contributed by atoms with van der Waals surface area (Å²) in [6.45, 7) is 1.31. The number of nitrogens with one attached hydrogen (secondary N) is 2. The molecule has 0 spiro atoms. The van der Waals surface area contributed by atoms with E-state index in [1.165, 1.54) is 25.5 Å². The molecule has 1 atom stereocenters. The van der Waals surface area contributed by atoms with Crippen molar-refractivity contribution in [2.45, 2.75) is 24.3 Å². The van der Waals surface area contributed by atoms with E-state index in [1.54, 1.807) is 54.6 Å². The fourth-order valence-corrected chi connectivity index (χ4v) is 5.18. The first-order valence-electron chi connectivity index (χ1n) is 11.3. The summed E-state index contributed by atoms with van der Waals surface area (Å²) < 4.78 is 39.5. The molecule has 0 radical (unpaired) electrons. The minimum Gasteiger partial charge on any atom is -0.493 e. The molecule has 12 heteroatoms. The van der Waals surface area contributed by atoms with Crippen molar-refractivity contribution in [2.75, 3.05) is 13.7 Å². The third-order valence-corrected chi connectivity index (χ3v) is 7.29. The van der Waals surface area contributed by atoms with Gasteiger partial charge < -0.3 is 14.6 Å². The number of halogens is 1. The van der Waals surface area contributed by atoms with Gasteiger partial charge in [0.05, 0.1) is 28.7 Å². The predicted molar refractivity (Wildman–Crippen MR) is 145 cm³/mol. The van der Waals surface area contributed by atoms with Crippen LogP contribution in [0.15, 0.2) is 81.2 Å². The number of ether oxygens (including phenoxy) is 2. The van der Waals surface area contributed by atoms with Gasteiger partial charge in [-0.15, -0.1) is 0 Å².